The summed E-state index contributed by atoms with van der Waals surface area (Å²) in [6, 6.07) is 2.47. The average Bonchev–Trinajstić information content (AvgIpc) is 3.52. The Labute approximate surface area is 220 Å². The van der Waals surface area contributed by atoms with Gasteiger partial charge in [0.1, 0.15) is 24.4 Å². The van der Waals surface area contributed by atoms with E-state index < -0.39 is 54.9 Å². The number of hydrogen-bond donors (Lipinski definition) is 3. The average molecular weight is 577 g/mol. The van der Waals surface area contributed by atoms with Gasteiger partial charge in [-0.05, 0) is 44.1 Å². The number of hydrogen-bond acceptors (Lipinski definition) is 7. The highest BCUT2D eigenvalue weighted by atomic mass is 19.4. The van der Waals surface area contributed by atoms with Crippen LogP contribution in [0.1, 0.15) is 55.1 Å². The van der Waals surface area contributed by atoms with Crippen LogP contribution in [0.4, 0.5) is 47.2 Å². The second kappa shape index (κ2) is 9.21. The highest BCUT2D eigenvalue weighted by Gasteiger charge is 2.58. The predicted octanol–water partition coefficient (Wildman–Crippen LogP) is 5.11. The third kappa shape index (κ3) is 5.13. The van der Waals surface area contributed by atoms with Crippen molar-refractivity contribution in [2.75, 3.05) is 5.32 Å². The van der Waals surface area contributed by atoms with Gasteiger partial charge in [0, 0.05) is 23.2 Å². The zero-order chi connectivity index (χ0) is 28.4. The maximum Gasteiger partial charge on any atom is 0.522 e. The first-order valence-corrected chi connectivity index (χ1v) is 12.4. The summed E-state index contributed by atoms with van der Waals surface area (Å²) in [5.74, 6) is -0.481. The van der Waals surface area contributed by atoms with Crippen LogP contribution < -0.4 is 10.6 Å². The van der Waals surface area contributed by atoms with E-state index >= 15 is 4.39 Å². The molecule has 4 aliphatic rings. The molecule has 0 spiro atoms. The van der Waals surface area contributed by atoms with Crippen LogP contribution in [0.15, 0.2) is 18.3 Å². The van der Waals surface area contributed by atoms with Crippen molar-refractivity contribution >= 4 is 23.2 Å². The monoisotopic (exact) mass is 577 g/mol. The number of nitrogens with zero attached hydrogens (tertiary/aromatic N) is 4. The minimum absolute atomic E-state index is 0.0176. The van der Waals surface area contributed by atoms with Crippen LogP contribution in [0.3, 0.4) is 0 Å². The van der Waals surface area contributed by atoms with Gasteiger partial charge in [0.15, 0.2) is 17.3 Å². The number of anilines is 2. The van der Waals surface area contributed by atoms with Crippen molar-refractivity contribution < 1.29 is 45.0 Å². The van der Waals surface area contributed by atoms with E-state index in [1.807, 2.05) is 0 Å². The minimum atomic E-state index is -4.96. The molecule has 0 saturated heterocycles. The van der Waals surface area contributed by atoms with Crippen molar-refractivity contribution in [2.45, 2.75) is 75.0 Å². The van der Waals surface area contributed by atoms with Gasteiger partial charge in [-0.2, -0.15) is 23.4 Å². The maximum absolute atomic E-state index is 15.2. The number of alkyl carbamates (subject to hydrolysis) is 1. The Kier molecular flexibility index (Phi) is 6.12. The number of ether oxygens (including phenoxy) is 2. The topological polar surface area (TPSA) is 118 Å². The van der Waals surface area contributed by atoms with Crippen molar-refractivity contribution in [3.8, 4) is 0 Å². The van der Waals surface area contributed by atoms with Gasteiger partial charge in [-0.15, -0.1) is 13.2 Å². The molecule has 1 amide bonds. The van der Waals surface area contributed by atoms with Gasteiger partial charge in [-0.3, -0.25) is 9.84 Å². The summed E-state index contributed by atoms with van der Waals surface area (Å²) in [6.07, 6.45) is -9.16. The number of alkyl halides is 7. The van der Waals surface area contributed by atoms with E-state index in [1.54, 1.807) is 0 Å². The van der Waals surface area contributed by atoms with E-state index in [0.29, 0.717) is 24.2 Å². The molecule has 40 heavy (non-hydrogen) atoms. The van der Waals surface area contributed by atoms with Crippen LogP contribution >= 0.6 is 0 Å². The third-order valence-corrected chi connectivity index (χ3v) is 7.59. The van der Waals surface area contributed by atoms with E-state index in [1.165, 1.54) is 6.07 Å². The summed E-state index contributed by atoms with van der Waals surface area (Å²) in [5.41, 5.74) is -1.62. The standard InChI is InChI=1S/C23H22F7N7O3/c24-18-12(1-2-15(18)40-20(38)33-21-5-10(6-21)7-21)13-4-17(35-34-13)32-19-14-3-11(9-39-23(28,29)30)36-37(14)8-16(31-19)22(25,26)27/h3-4,8,10,12,15,18H,1-2,5-7,9H2,(H,33,38)(H2,31,32,34,35)/t10?,12-,15-,18-,21?/m0/s1. The lowest BCUT2D eigenvalue weighted by Crippen LogP contribution is -2.68. The Morgan fingerprint density at radius 2 is 1.90 bits per heavy atom. The van der Waals surface area contributed by atoms with E-state index in [4.69, 9.17) is 4.74 Å². The molecule has 3 aromatic rings. The summed E-state index contributed by atoms with van der Waals surface area (Å²) in [5, 5.41) is 15.8. The molecule has 3 N–H and O–H groups in total. The number of H-pyrrole nitrogens is 1. The number of nitrogens with one attached hydrogen (secondary N) is 3. The fourth-order valence-electron chi connectivity index (χ4n) is 5.60. The molecule has 0 unspecified atom stereocenters. The Balaban J connectivity index is 1.16. The highest BCUT2D eigenvalue weighted by molar-refractivity contribution is 5.73. The highest BCUT2D eigenvalue weighted by Crippen LogP contribution is 2.57. The van der Waals surface area contributed by atoms with E-state index in [-0.39, 0.29) is 29.0 Å². The minimum Gasteiger partial charge on any atom is -0.443 e. The second-order valence-electron chi connectivity index (χ2n) is 10.5. The normalized spacial score (nSPS) is 27.8. The smallest absolute Gasteiger partial charge is 0.443 e. The summed E-state index contributed by atoms with van der Waals surface area (Å²) >= 11 is 0. The zero-order valence-corrected chi connectivity index (χ0v) is 20.4. The molecule has 3 heterocycles. The summed E-state index contributed by atoms with van der Waals surface area (Å²) < 4.78 is 103. The summed E-state index contributed by atoms with van der Waals surface area (Å²) in [4.78, 5) is 15.8. The van der Waals surface area contributed by atoms with Crippen molar-refractivity contribution in [3.05, 3.63) is 35.4 Å². The largest absolute Gasteiger partial charge is 0.522 e. The Morgan fingerprint density at radius 3 is 2.55 bits per heavy atom. The summed E-state index contributed by atoms with van der Waals surface area (Å²) in [6.45, 7) is -1.03. The molecule has 2 bridgehead atoms. The Hall–Kier alpha value is -3.63. The van der Waals surface area contributed by atoms with Crippen LogP contribution in [0, 0.1) is 5.92 Å². The number of halogens is 7. The Morgan fingerprint density at radius 1 is 1.15 bits per heavy atom. The number of amides is 1. The molecule has 7 rings (SSSR count). The molecular formula is C23H22F7N7O3. The van der Waals surface area contributed by atoms with Gasteiger partial charge >= 0.3 is 18.6 Å². The van der Waals surface area contributed by atoms with Gasteiger partial charge in [0.25, 0.3) is 0 Å². The van der Waals surface area contributed by atoms with Gasteiger partial charge < -0.3 is 15.4 Å². The van der Waals surface area contributed by atoms with Crippen LogP contribution in [0.2, 0.25) is 0 Å². The van der Waals surface area contributed by atoms with Gasteiger partial charge in [-0.25, -0.2) is 18.7 Å². The molecule has 17 heteroatoms. The van der Waals surface area contributed by atoms with Crippen molar-refractivity contribution in [3.63, 3.8) is 0 Å². The van der Waals surface area contributed by atoms with E-state index in [2.05, 4.69) is 35.7 Å². The summed E-state index contributed by atoms with van der Waals surface area (Å²) in [7, 11) is 0. The number of rotatable bonds is 7. The first kappa shape index (κ1) is 26.6. The fraction of sp³-hybridized carbons (Fsp3) is 0.565. The first-order valence-electron chi connectivity index (χ1n) is 12.4. The van der Waals surface area contributed by atoms with Gasteiger partial charge in [0.2, 0.25) is 0 Å². The molecule has 3 atom stereocenters. The lowest BCUT2D eigenvalue weighted by molar-refractivity contribution is -0.330. The molecule has 10 nitrogen and oxygen atoms in total. The second-order valence-corrected chi connectivity index (χ2v) is 10.5. The first-order chi connectivity index (χ1) is 18.8. The molecule has 3 aromatic heterocycles. The van der Waals surface area contributed by atoms with Crippen LogP contribution in [-0.2, 0) is 22.3 Å². The number of aromatic amines is 1. The molecule has 0 aliphatic heterocycles. The number of fused-ring (bicyclic) bond motifs is 1. The quantitative estimate of drug-likeness (QED) is 0.334. The van der Waals surface area contributed by atoms with Crippen LogP contribution in [-0.4, -0.2) is 55.1 Å². The maximum atomic E-state index is 15.2. The molecule has 0 aromatic carbocycles. The lowest BCUT2D eigenvalue weighted by atomic mass is 9.50. The lowest BCUT2D eigenvalue weighted by Gasteiger charge is -2.61. The molecule has 4 aliphatic carbocycles. The van der Waals surface area contributed by atoms with Crippen molar-refractivity contribution in [1.29, 1.82) is 0 Å². The Bertz CT molecular complexity index is 1420. The van der Waals surface area contributed by atoms with Gasteiger partial charge in [0.05, 0.1) is 11.9 Å². The van der Waals surface area contributed by atoms with Gasteiger partial charge in [-0.1, -0.05) is 0 Å². The SMILES string of the molecule is O=C(NC12CC(C1)C2)O[C@H]1CC[C@@H](c2cc(Nc3nc(C(F)(F)F)cn4nc(COC(F)(F)F)cc34)n[nH]2)[C@@H]1F. The van der Waals surface area contributed by atoms with Crippen LogP contribution in [0.25, 0.3) is 5.52 Å². The molecule has 4 fully saturated rings. The van der Waals surface area contributed by atoms with Crippen molar-refractivity contribution in [2.24, 2.45) is 5.92 Å². The molecular weight excluding hydrogens is 555 g/mol. The fourth-order valence-corrected chi connectivity index (χ4v) is 5.60. The molecule has 0 radical (unpaired) electrons. The number of carbonyl (C=O) groups excluding carboxylic acids is 1. The number of aromatic nitrogens is 5. The third-order valence-electron chi connectivity index (χ3n) is 7.59. The molecule has 216 valence electrons. The number of carbonyl (C=O) groups is 1. The van der Waals surface area contributed by atoms with Crippen molar-refractivity contribution in [1.82, 2.24) is 30.1 Å². The van der Waals surface area contributed by atoms with E-state index in [9.17, 15) is 31.1 Å². The zero-order valence-electron chi connectivity index (χ0n) is 20.4. The molecule has 4 saturated carbocycles. The van der Waals surface area contributed by atoms with E-state index in [0.717, 1.165) is 29.8 Å². The van der Waals surface area contributed by atoms with Crippen LogP contribution in [0.5, 0.6) is 0 Å². The predicted molar refractivity (Wildman–Crippen MR) is 121 cm³/mol.